The maximum absolute atomic E-state index is 11.9. The van der Waals surface area contributed by atoms with Crippen LogP contribution in [0.4, 0.5) is 5.69 Å². The first-order chi connectivity index (χ1) is 11.5. The number of nitrogens with one attached hydrogen (secondary N) is 2. The van der Waals surface area contributed by atoms with Crippen molar-refractivity contribution in [2.24, 2.45) is 23.5 Å². The highest BCUT2D eigenvalue weighted by Gasteiger charge is 2.54. The van der Waals surface area contributed by atoms with Gasteiger partial charge in [0.05, 0.1) is 16.9 Å². The number of nitrogens with zero attached hydrogens (tertiary/aromatic N) is 1. The number of H-pyrrole nitrogens is 1. The Morgan fingerprint density at radius 1 is 1.33 bits per heavy atom. The zero-order valence-corrected chi connectivity index (χ0v) is 13.5. The van der Waals surface area contributed by atoms with Crippen LogP contribution >= 0.6 is 0 Å². The molecule has 2 aromatic rings. The van der Waals surface area contributed by atoms with E-state index < -0.39 is 11.5 Å². The summed E-state index contributed by atoms with van der Waals surface area (Å²) >= 11 is 0. The van der Waals surface area contributed by atoms with Crippen LogP contribution in [0.15, 0.2) is 18.5 Å². The summed E-state index contributed by atoms with van der Waals surface area (Å²) in [5.74, 6) is 1.12. The van der Waals surface area contributed by atoms with Crippen LogP contribution in [0, 0.1) is 17.8 Å². The zero-order valence-electron chi connectivity index (χ0n) is 13.5. The Morgan fingerprint density at radius 3 is 2.75 bits per heavy atom. The van der Waals surface area contributed by atoms with E-state index in [-0.39, 0.29) is 0 Å². The summed E-state index contributed by atoms with van der Waals surface area (Å²) in [6, 6.07) is 2.22. The van der Waals surface area contributed by atoms with E-state index in [9.17, 15) is 9.90 Å². The number of fused-ring (bicyclic) bond motifs is 1. The van der Waals surface area contributed by atoms with Gasteiger partial charge >= 0.3 is 0 Å². The van der Waals surface area contributed by atoms with Gasteiger partial charge in [-0.2, -0.15) is 0 Å². The van der Waals surface area contributed by atoms with Crippen molar-refractivity contribution in [3.8, 4) is 0 Å². The average molecular weight is 326 g/mol. The number of anilines is 1. The third-order valence-electron chi connectivity index (χ3n) is 6.40. The van der Waals surface area contributed by atoms with Crippen molar-refractivity contribution in [3.05, 3.63) is 24.0 Å². The number of rotatable bonds is 3. The number of carbonyl (C=O) groups is 1. The molecular weight excluding hydrogens is 304 g/mol. The number of amides is 1. The molecule has 0 aliphatic heterocycles. The second kappa shape index (κ2) is 4.72. The highest BCUT2D eigenvalue weighted by atomic mass is 16.3. The molecule has 1 amide bonds. The van der Waals surface area contributed by atoms with Crippen molar-refractivity contribution >= 4 is 22.6 Å². The SMILES string of the molecule is NC(=O)c1cnc2[nH]ccc2c1N[C@H]1[C@@H]2CC3C[C@H]1C[C@@](O)(C3)C2. The molecule has 5 atom stereocenters. The van der Waals surface area contributed by atoms with Crippen LogP contribution in [-0.4, -0.2) is 32.6 Å². The third-order valence-corrected chi connectivity index (χ3v) is 6.40. The topological polar surface area (TPSA) is 104 Å². The fourth-order valence-corrected chi connectivity index (χ4v) is 5.73. The fraction of sp³-hybridized carbons (Fsp3) is 0.556. The molecule has 0 spiro atoms. The van der Waals surface area contributed by atoms with Crippen molar-refractivity contribution in [1.29, 1.82) is 0 Å². The second-order valence-electron chi connectivity index (χ2n) is 8.02. The molecule has 4 fully saturated rings. The molecule has 4 aliphatic rings. The lowest BCUT2D eigenvalue weighted by Crippen LogP contribution is -2.59. The number of aliphatic hydroxyl groups is 1. The van der Waals surface area contributed by atoms with E-state index in [0.717, 1.165) is 36.0 Å². The molecule has 4 aliphatic carbocycles. The van der Waals surface area contributed by atoms with Crippen LogP contribution in [0.25, 0.3) is 11.0 Å². The van der Waals surface area contributed by atoms with E-state index >= 15 is 0 Å². The maximum atomic E-state index is 11.9. The van der Waals surface area contributed by atoms with Gasteiger partial charge in [0.2, 0.25) is 0 Å². The van der Waals surface area contributed by atoms with Crippen molar-refractivity contribution < 1.29 is 9.90 Å². The number of hydrogen-bond acceptors (Lipinski definition) is 4. The summed E-state index contributed by atoms with van der Waals surface area (Å²) < 4.78 is 0. The van der Waals surface area contributed by atoms with Crippen LogP contribution in [0.1, 0.15) is 42.5 Å². The van der Waals surface area contributed by atoms with Crippen molar-refractivity contribution in [1.82, 2.24) is 9.97 Å². The van der Waals surface area contributed by atoms with Gasteiger partial charge in [-0.05, 0) is 55.9 Å². The number of primary amides is 1. The van der Waals surface area contributed by atoms with E-state index in [4.69, 9.17) is 5.73 Å². The van der Waals surface area contributed by atoms with Crippen LogP contribution < -0.4 is 11.1 Å². The monoisotopic (exact) mass is 326 g/mol. The summed E-state index contributed by atoms with van der Waals surface area (Å²) in [6.45, 7) is 0. The van der Waals surface area contributed by atoms with Gasteiger partial charge in [0.25, 0.3) is 5.91 Å². The fourth-order valence-electron chi connectivity index (χ4n) is 5.73. The highest BCUT2D eigenvalue weighted by Crippen LogP contribution is 2.56. The summed E-state index contributed by atoms with van der Waals surface area (Å²) in [6.07, 6.45) is 8.42. The minimum absolute atomic E-state index is 0.292. The molecule has 0 radical (unpaired) electrons. The summed E-state index contributed by atoms with van der Waals surface area (Å²) in [4.78, 5) is 19.3. The van der Waals surface area contributed by atoms with Gasteiger partial charge in [-0.1, -0.05) is 0 Å². The molecule has 1 unspecified atom stereocenters. The molecule has 2 heterocycles. The van der Waals surface area contributed by atoms with Gasteiger partial charge in [-0.3, -0.25) is 4.79 Å². The molecule has 6 nitrogen and oxygen atoms in total. The van der Waals surface area contributed by atoms with E-state index in [1.807, 2.05) is 12.3 Å². The first-order valence-corrected chi connectivity index (χ1v) is 8.77. The van der Waals surface area contributed by atoms with Crippen molar-refractivity contribution in [2.45, 2.75) is 43.7 Å². The van der Waals surface area contributed by atoms with E-state index in [0.29, 0.717) is 29.4 Å². The van der Waals surface area contributed by atoms with Crippen LogP contribution in [0.2, 0.25) is 0 Å². The average Bonchev–Trinajstić information content (AvgIpc) is 2.97. The lowest BCUT2D eigenvalue weighted by atomic mass is 9.52. The molecule has 6 rings (SSSR count). The Labute approximate surface area is 139 Å². The van der Waals surface area contributed by atoms with Gasteiger partial charge in [-0.15, -0.1) is 0 Å². The molecule has 0 saturated heterocycles. The van der Waals surface area contributed by atoms with Gasteiger partial charge in [0.15, 0.2) is 0 Å². The molecule has 5 N–H and O–H groups in total. The van der Waals surface area contributed by atoms with Gasteiger partial charge in [-0.25, -0.2) is 4.98 Å². The maximum Gasteiger partial charge on any atom is 0.252 e. The summed E-state index contributed by atoms with van der Waals surface area (Å²) in [5, 5.41) is 15.3. The smallest absolute Gasteiger partial charge is 0.252 e. The molecule has 4 bridgehead atoms. The lowest BCUT2D eigenvalue weighted by molar-refractivity contribution is -0.129. The second-order valence-corrected chi connectivity index (χ2v) is 8.02. The first-order valence-electron chi connectivity index (χ1n) is 8.77. The van der Waals surface area contributed by atoms with E-state index in [2.05, 4.69) is 15.3 Å². The Bertz CT molecular complexity index is 814. The number of carbonyl (C=O) groups excluding carboxylic acids is 1. The third kappa shape index (κ3) is 1.99. The molecule has 6 heteroatoms. The van der Waals surface area contributed by atoms with Crippen molar-refractivity contribution in [2.75, 3.05) is 5.32 Å². The predicted molar refractivity (Wildman–Crippen MR) is 90.5 cm³/mol. The van der Waals surface area contributed by atoms with E-state index in [1.54, 1.807) is 6.20 Å². The Hall–Kier alpha value is -2.08. The van der Waals surface area contributed by atoms with Crippen molar-refractivity contribution in [3.63, 3.8) is 0 Å². The Balaban J connectivity index is 1.54. The minimum Gasteiger partial charge on any atom is -0.390 e. The van der Waals surface area contributed by atoms with Crippen LogP contribution in [-0.2, 0) is 0 Å². The molecular formula is C18H22N4O2. The molecule has 0 aromatic carbocycles. The molecule has 126 valence electrons. The summed E-state index contributed by atoms with van der Waals surface area (Å²) in [5.41, 5.74) is 7.10. The number of aromatic amines is 1. The van der Waals surface area contributed by atoms with Gasteiger partial charge in [0, 0.05) is 23.8 Å². The quantitative estimate of drug-likeness (QED) is 0.692. The van der Waals surface area contributed by atoms with Gasteiger partial charge in [0.1, 0.15) is 5.65 Å². The number of aromatic nitrogens is 2. The van der Waals surface area contributed by atoms with Crippen LogP contribution in [0.5, 0.6) is 0 Å². The summed E-state index contributed by atoms with van der Waals surface area (Å²) in [7, 11) is 0. The van der Waals surface area contributed by atoms with E-state index in [1.165, 1.54) is 12.8 Å². The Kier molecular flexibility index (Phi) is 2.81. The normalized spacial score (nSPS) is 37.0. The predicted octanol–water partition coefficient (Wildman–Crippen LogP) is 2.01. The number of hydrogen-bond donors (Lipinski definition) is 4. The zero-order chi connectivity index (χ0) is 16.5. The molecule has 2 aromatic heterocycles. The largest absolute Gasteiger partial charge is 0.390 e. The molecule has 4 saturated carbocycles. The lowest BCUT2D eigenvalue weighted by Gasteiger charge is -2.58. The molecule has 24 heavy (non-hydrogen) atoms. The Morgan fingerprint density at radius 2 is 2.08 bits per heavy atom. The minimum atomic E-state index is -0.462. The standard InChI is InChI=1S/C18H22N4O2/c19-16(23)13-8-21-17-12(1-2-20-17)15(13)22-14-10-3-9-4-11(14)7-18(24,5-9)6-10/h1-2,8-11,14,24H,3-7H2,(H2,19,23)(H2,20,21,22)/t9?,10-,11+,14+,18-. The first kappa shape index (κ1) is 14.3. The highest BCUT2D eigenvalue weighted by molar-refractivity contribution is 6.06. The van der Waals surface area contributed by atoms with Gasteiger partial charge < -0.3 is 21.1 Å². The number of nitrogens with two attached hydrogens (primary N) is 1. The van der Waals surface area contributed by atoms with Crippen LogP contribution in [0.3, 0.4) is 0 Å². The number of pyridine rings is 1.